The summed E-state index contributed by atoms with van der Waals surface area (Å²) in [6.45, 7) is 5.72. The molecule has 0 atom stereocenters. The molecule has 1 nitrogen and oxygen atoms in total. The van der Waals surface area contributed by atoms with Crippen LogP contribution >= 0.6 is 11.8 Å². The van der Waals surface area contributed by atoms with Gasteiger partial charge in [0.05, 0.1) is 0 Å². The Hall–Kier alpha value is -0.560. The van der Waals surface area contributed by atoms with Gasteiger partial charge >= 0.3 is 0 Å². The third kappa shape index (κ3) is 1.22. The van der Waals surface area contributed by atoms with E-state index in [-0.39, 0.29) is 0 Å². The van der Waals surface area contributed by atoms with Crippen LogP contribution in [0, 0.1) is 13.8 Å². The second-order valence-electron chi connectivity index (χ2n) is 1.95. The van der Waals surface area contributed by atoms with Crippen LogP contribution in [0.25, 0.3) is 0 Å². The summed E-state index contributed by atoms with van der Waals surface area (Å²) >= 11 is 5.67. The summed E-state index contributed by atoms with van der Waals surface area (Å²) in [5, 5.41) is 0. The molecule has 0 saturated carbocycles. The van der Waals surface area contributed by atoms with Crippen molar-refractivity contribution in [1.82, 2.24) is 0 Å². The number of aryl methyl sites for hydroxylation is 1. The van der Waals surface area contributed by atoms with Gasteiger partial charge in [-0.2, -0.15) is 0 Å². The molecular weight excluding hydrogens is 134 g/mol. The molecule has 0 aliphatic carbocycles. The van der Waals surface area contributed by atoms with Crippen molar-refractivity contribution in [1.29, 1.82) is 0 Å². The topological polar surface area (TPSA) is 3.88 Å². The van der Waals surface area contributed by atoms with Crippen LogP contribution < -0.4 is 4.09 Å². The first kappa shape index (κ1) is 6.56. The largest absolute Gasteiger partial charge is 0.268 e. The molecule has 9 heavy (non-hydrogen) atoms. The number of hydrogen-bond acceptors (Lipinski definition) is 0. The Balaban J connectivity index is 3.25. The lowest BCUT2D eigenvalue weighted by atomic mass is 10.2. The molecular formula is C7H8ClN+. The number of rotatable bonds is 0. The summed E-state index contributed by atoms with van der Waals surface area (Å²) in [4.78, 5) is 0. The highest BCUT2D eigenvalue weighted by Crippen LogP contribution is 1.98. The lowest BCUT2D eigenvalue weighted by Gasteiger charge is -1.90. The molecule has 0 amide bonds. The second-order valence-corrected chi connectivity index (χ2v) is 2.31. The third-order valence-electron chi connectivity index (χ3n) is 1.28. The summed E-state index contributed by atoms with van der Waals surface area (Å²) in [5.41, 5.74) is 1.95. The first-order valence-corrected chi connectivity index (χ1v) is 3.05. The monoisotopic (exact) mass is 141 g/mol. The molecule has 0 fully saturated rings. The normalized spacial score (nSPS) is 9.67. The maximum atomic E-state index is 5.67. The van der Waals surface area contributed by atoms with Crippen LogP contribution in [0.15, 0.2) is 18.3 Å². The van der Waals surface area contributed by atoms with E-state index in [2.05, 4.69) is 6.92 Å². The Morgan fingerprint density at radius 2 is 2.33 bits per heavy atom. The van der Waals surface area contributed by atoms with E-state index in [0.29, 0.717) is 0 Å². The van der Waals surface area contributed by atoms with Crippen molar-refractivity contribution in [3.8, 4) is 0 Å². The highest BCUT2D eigenvalue weighted by molar-refractivity contribution is 6.04. The molecule has 1 heterocycles. The highest BCUT2D eigenvalue weighted by Gasteiger charge is 2.03. The minimum atomic E-state index is 0.846. The van der Waals surface area contributed by atoms with Crippen molar-refractivity contribution in [3.63, 3.8) is 0 Å². The zero-order valence-corrected chi connectivity index (χ0v) is 6.02. The molecule has 0 aromatic carbocycles. The molecule has 1 rings (SSSR count). The molecule has 0 N–H and O–H groups in total. The number of hydrogen-bond donors (Lipinski definition) is 0. The van der Waals surface area contributed by atoms with E-state index in [4.69, 9.17) is 11.8 Å². The van der Waals surface area contributed by atoms with E-state index in [1.54, 1.807) is 6.20 Å². The maximum absolute atomic E-state index is 5.67. The predicted octanol–water partition coefficient (Wildman–Crippen LogP) is 1.47. The van der Waals surface area contributed by atoms with Crippen molar-refractivity contribution in [2.75, 3.05) is 0 Å². The van der Waals surface area contributed by atoms with Crippen molar-refractivity contribution in [2.24, 2.45) is 0 Å². The number of pyridine rings is 1. The number of nitrogens with zero attached hydrogens (tertiary/aromatic N) is 1. The molecule has 1 radical (unpaired) electrons. The van der Waals surface area contributed by atoms with E-state index in [1.165, 1.54) is 4.09 Å². The van der Waals surface area contributed by atoms with Crippen LogP contribution in [0.4, 0.5) is 0 Å². The first-order chi connectivity index (χ1) is 4.22. The van der Waals surface area contributed by atoms with Gasteiger partial charge < -0.3 is 0 Å². The molecule has 0 bridgehead atoms. The molecule has 47 valence electrons. The Morgan fingerprint density at radius 3 is 2.78 bits per heavy atom. The van der Waals surface area contributed by atoms with Gasteiger partial charge in [0, 0.05) is 18.6 Å². The maximum Gasteiger partial charge on any atom is 0.268 e. The Labute approximate surface area is 60.0 Å². The molecule has 0 aliphatic heterocycles. The Kier molecular flexibility index (Phi) is 1.72. The zero-order chi connectivity index (χ0) is 6.85. The van der Waals surface area contributed by atoms with Gasteiger partial charge in [-0.25, -0.2) is 0 Å². The first-order valence-electron chi connectivity index (χ1n) is 2.71. The standard InChI is InChI=1S/C7H8ClN/c1-6-4-3-5-9(8)7(6)2/h3-5H,2H2,1H3/q+1. The van der Waals surface area contributed by atoms with E-state index in [9.17, 15) is 0 Å². The highest BCUT2D eigenvalue weighted by atomic mass is 35.5. The average Bonchev–Trinajstić information content (AvgIpc) is 1.83. The fourth-order valence-corrected chi connectivity index (χ4v) is 0.816. The molecule has 0 aliphatic rings. The molecule has 0 spiro atoms. The van der Waals surface area contributed by atoms with Gasteiger partial charge in [-0.05, 0) is 13.0 Å². The summed E-state index contributed by atoms with van der Waals surface area (Å²) < 4.78 is 1.48. The van der Waals surface area contributed by atoms with E-state index in [1.807, 2.05) is 19.1 Å². The zero-order valence-electron chi connectivity index (χ0n) is 5.26. The fraction of sp³-hybridized carbons (Fsp3) is 0.143. The van der Waals surface area contributed by atoms with Crippen LogP contribution in [-0.2, 0) is 0 Å². The van der Waals surface area contributed by atoms with E-state index in [0.717, 1.165) is 11.3 Å². The van der Waals surface area contributed by atoms with Crippen molar-refractivity contribution < 1.29 is 4.09 Å². The van der Waals surface area contributed by atoms with Gasteiger partial charge in [-0.3, -0.25) is 0 Å². The molecule has 0 saturated heterocycles. The van der Waals surface area contributed by atoms with Gasteiger partial charge in [0.2, 0.25) is 5.69 Å². The van der Waals surface area contributed by atoms with Crippen LogP contribution in [0.2, 0.25) is 0 Å². The molecule has 1 aromatic heterocycles. The molecule has 2 heteroatoms. The number of aromatic nitrogens is 1. The predicted molar refractivity (Wildman–Crippen MR) is 37.1 cm³/mol. The molecule has 1 aromatic rings. The van der Waals surface area contributed by atoms with Crippen molar-refractivity contribution in [2.45, 2.75) is 6.92 Å². The van der Waals surface area contributed by atoms with Gasteiger partial charge in [-0.15, -0.1) is 0 Å². The SMILES string of the molecule is [CH2]c1c(C)ccc[n+]1Cl. The van der Waals surface area contributed by atoms with Gasteiger partial charge in [-0.1, -0.05) is 4.09 Å². The second kappa shape index (κ2) is 2.36. The minimum absolute atomic E-state index is 0.846. The van der Waals surface area contributed by atoms with Crippen molar-refractivity contribution >= 4 is 11.8 Å². The van der Waals surface area contributed by atoms with E-state index < -0.39 is 0 Å². The Bertz CT molecular complexity index is 200. The van der Waals surface area contributed by atoms with Crippen LogP contribution in [-0.4, -0.2) is 0 Å². The van der Waals surface area contributed by atoms with Crippen molar-refractivity contribution in [3.05, 3.63) is 36.5 Å². The van der Waals surface area contributed by atoms with Crippen LogP contribution in [0.3, 0.4) is 0 Å². The smallest absolute Gasteiger partial charge is 0.0871 e. The Morgan fingerprint density at radius 1 is 1.67 bits per heavy atom. The van der Waals surface area contributed by atoms with Gasteiger partial charge in [0.1, 0.15) is 0 Å². The average molecular weight is 142 g/mol. The summed E-state index contributed by atoms with van der Waals surface area (Å²) in [6.07, 6.45) is 1.76. The summed E-state index contributed by atoms with van der Waals surface area (Å²) in [6, 6.07) is 3.86. The lowest BCUT2D eigenvalue weighted by Crippen LogP contribution is -2.24. The van der Waals surface area contributed by atoms with Gasteiger partial charge in [0.25, 0.3) is 11.8 Å². The minimum Gasteiger partial charge on any atom is -0.0871 e. The quantitative estimate of drug-likeness (QED) is 0.515. The summed E-state index contributed by atoms with van der Waals surface area (Å²) in [7, 11) is 0. The summed E-state index contributed by atoms with van der Waals surface area (Å²) in [5.74, 6) is 0. The molecule has 0 unspecified atom stereocenters. The number of halogens is 1. The fourth-order valence-electron chi connectivity index (χ4n) is 0.618. The van der Waals surface area contributed by atoms with Gasteiger partial charge in [0.15, 0.2) is 6.20 Å². The lowest BCUT2D eigenvalue weighted by molar-refractivity contribution is -0.524. The van der Waals surface area contributed by atoms with Crippen LogP contribution in [0.1, 0.15) is 11.3 Å². The third-order valence-corrected chi connectivity index (χ3v) is 1.59. The van der Waals surface area contributed by atoms with Crippen LogP contribution in [0.5, 0.6) is 0 Å². The van der Waals surface area contributed by atoms with E-state index >= 15 is 0 Å².